The smallest absolute Gasteiger partial charge is 0.282 e. The number of nitrogens with two attached hydrogens (primary N) is 1. The number of amidine groups is 1. The predicted molar refractivity (Wildman–Crippen MR) is 89.1 cm³/mol. The Labute approximate surface area is 137 Å². The van der Waals surface area contributed by atoms with E-state index in [0.29, 0.717) is 18.6 Å². The van der Waals surface area contributed by atoms with Gasteiger partial charge in [0.1, 0.15) is 6.61 Å². The first kappa shape index (κ1) is 14.8. The number of rotatable bonds is 5. The van der Waals surface area contributed by atoms with Gasteiger partial charge >= 0.3 is 0 Å². The Kier molecular flexibility index (Phi) is 4.53. The van der Waals surface area contributed by atoms with E-state index in [-0.39, 0.29) is 6.04 Å². The summed E-state index contributed by atoms with van der Waals surface area (Å²) in [5, 5.41) is 3.16. The zero-order valence-electron chi connectivity index (χ0n) is 11.9. The number of halogens is 1. The molecular formula is C15H16BrN5O. The molecular weight excluding hydrogens is 346 g/mol. The van der Waals surface area contributed by atoms with Crippen LogP contribution in [0.1, 0.15) is 12.0 Å². The minimum Gasteiger partial charge on any atom is -0.463 e. The molecule has 1 aromatic heterocycles. The number of nitrogens with one attached hydrogen (secondary N) is 1. The minimum atomic E-state index is 0.175. The van der Waals surface area contributed by atoms with Crippen molar-refractivity contribution in [2.75, 3.05) is 11.9 Å². The average Bonchev–Trinajstić information content (AvgIpc) is 2.94. The maximum absolute atomic E-state index is 5.50. The van der Waals surface area contributed by atoms with E-state index in [0.717, 1.165) is 23.0 Å². The van der Waals surface area contributed by atoms with Gasteiger partial charge in [-0.05, 0) is 46.5 Å². The highest BCUT2D eigenvalue weighted by Crippen LogP contribution is 2.17. The molecule has 6 nitrogen and oxygen atoms in total. The number of aryl methyl sites for hydroxylation is 1. The van der Waals surface area contributed by atoms with Crippen LogP contribution in [-0.2, 0) is 11.2 Å². The van der Waals surface area contributed by atoms with Crippen LogP contribution in [0.15, 0.2) is 46.1 Å². The zero-order chi connectivity index (χ0) is 15.4. The van der Waals surface area contributed by atoms with E-state index in [9.17, 15) is 0 Å². The molecule has 1 atom stereocenters. The van der Waals surface area contributed by atoms with Crippen molar-refractivity contribution in [3.63, 3.8) is 0 Å². The molecule has 3 N–H and O–H groups in total. The molecule has 0 bridgehead atoms. The molecule has 0 aliphatic carbocycles. The summed E-state index contributed by atoms with van der Waals surface area (Å²) in [4.78, 5) is 12.6. The van der Waals surface area contributed by atoms with Crippen molar-refractivity contribution in [2.45, 2.75) is 18.9 Å². The Hall–Kier alpha value is -2.15. The van der Waals surface area contributed by atoms with Crippen molar-refractivity contribution in [1.29, 1.82) is 0 Å². The highest BCUT2D eigenvalue weighted by molar-refractivity contribution is 9.10. The average molecular weight is 362 g/mol. The van der Waals surface area contributed by atoms with Crippen LogP contribution in [0.4, 0.5) is 11.6 Å². The van der Waals surface area contributed by atoms with Crippen molar-refractivity contribution >= 4 is 33.6 Å². The van der Waals surface area contributed by atoms with Crippen LogP contribution in [0, 0.1) is 0 Å². The number of ether oxygens (including phenoxy) is 1. The van der Waals surface area contributed by atoms with Crippen LogP contribution in [0.25, 0.3) is 0 Å². The van der Waals surface area contributed by atoms with E-state index in [2.05, 4.69) is 48.3 Å². The van der Waals surface area contributed by atoms with E-state index >= 15 is 0 Å². The van der Waals surface area contributed by atoms with Gasteiger partial charge in [-0.1, -0.05) is 12.1 Å². The predicted octanol–water partition coefficient (Wildman–Crippen LogP) is 2.63. The highest BCUT2D eigenvalue weighted by atomic mass is 79.9. The Morgan fingerprint density at radius 1 is 1.23 bits per heavy atom. The molecule has 0 spiro atoms. The molecule has 1 aromatic carbocycles. The summed E-state index contributed by atoms with van der Waals surface area (Å²) in [6, 6.07) is 8.69. The molecule has 0 radical (unpaired) electrons. The third-order valence-corrected chi connectivity index (χ3v) is 3.74. The summed E-state index contributed by atoms with van der Waals surface area (Å²) < 4.78 is 6.00. The lowest BCUT2D eigenvalue weighted by molar-refractivity contribution is 0.308. The Balaban J connectivity index is 1.54. The first-order chi connectivity index (χ1) is 10.7. The SMILES string of the molecule is NC1=NC(CCc2ccc(Nc3ncc(Br)cn3)cc2)CO1. The quantitative estimate of drug-likeness (QED) is 0.854. The van der Waals surface area contributed by atoms with Gasteiger partial charge in [-0.3, -0.25) is 0 Å². The molecule has 2 heterocycles. The van der Waals surface area contributed by atoms with Gasteiger partial charge in [0.25, 0.3) is 6.02 Å². The van der Waals surface area contributed by atoms with Crippen LogP contribution in [0.2, 0.25) is 0 Å². The molecule has 0 fully saturated rings. The van der Waals surface area contributed by atoms with Crippen LogP contribution in [0.5, 0.6) is 0 Å². The lowest BCUT2D eigenvalue weighted by Crippen LogP contribution is -2.10. The third-order valence-electron chi connectivity index (χ3n) is 3.33. The molecule has 22 heavy (non-hydrogen) atoms. The molecule has 1 aliphatic rings. The lowest BCUT2D eigenvalue weighted by Gasteiger charge is -2.07. The second-order valence-corrected chi connectivity index (χ2v) is 5.93. The topological polar surface area (TPSA) is 85.4 Å². The largest absolute Gasteiger partial charge is 0.463 e. The fourth-order valence-electron chi connectivity index (χ4n) is 2.18. The summed E-state index contributed by atoms with van der Waals surface area (Å²) in [5.74, 6) is 0.573. The first-order valence-electron chi connectivity index (χ1n) is 6.98. The van der Waals surface area contributed by atoms with E-state index < -0.39 is 0 Å². The minimum absolute atomic E-state index is 0.175. The van der Waals surface area contributed by atoms with Crippen LogP contribution in [-0.4, -0.2) is 28.6 Å². The Morgan fingerprint density at radius 2 is 1.95 bits per heavy atom. The van der Waals surface area contributed by atoms with Gasteiger partial charge in [-0.15, -0.1) is 0 Å². The van der Waals surface area contributed by atoms with Crippen molar-refractivity contribution in [2.24, 2.45) is 10.7 Å². The maximum atomic E-state index is 5.50. The van der Waals surface area contributed by atoms with Crippen LogP contribution in [0.3, 0.4) is 0 Å². The van der Waals surface area contributed by atoms with E-state index in [1.165, 1.54) is 5.56 Å². The van der Waals surface area contributed by atoms with Gasteiger partial charge in [0, 0.05) is 18.1 Å². The molecule has 1 unspecified atom stereocenters. The van der Waals surface area contributed by atoms with Crippen molar-refractivity contribution in [3.8, 4) is 0 Å². The summed E-state index contributed by atoms with van der Waals surface area (Å²) in [7, 11) is 0. The number of aliphatic imine (C=N–C) groups is 1. The van der Waals surface area contributed by atoms with E-state index in [4.69, 9.17) is 10.5 Å². The molecule has 2 aromatic rings. The number of nitrogens with zero attached hydrogens (tertiary/aromatic N) is 3. The monoisotopic (exact) mass is 361 g/mol. The summed E-state index contributed by atoms with van der Waals surface area (Å²) in [5.41, 5.74) is 7.71. The first-order valence-corrected chi connectivity index (χ1v) is 7.78. The number of aromatic nitrogens is 2. The van der Waals surface area contributed by atoms with Gasteiger partial charge in [0.2, 0.25) is 5.95 Å². The molecule has 3 rings (SSSR count). The van der Waals surface area contributed by atoms with Gasteiger partial charge in [-0.2, -0.15) is 0 Å². The fraction of sp³-hybridized carbons (Fsp3) is 0.267. The maximum Gasteiger partial charge on any atom is 0.282 e. The molecule has 0 amide bonds. The van der Waals surface area contributed by atoms with Crippen LogP contribution < -0.4 is 11.1 Å². The summed E-state index contributed by atoms with van der Waals surface area (Å²) in [6.07, 6.45) is 5.29. The zero-order valence-corrected chi connectivity index (χ0v) is 13.5. The van der Waals surface area contributed by atoms with Crippen molar-refractivity contribution in [3.05, 3.63) is 46.7 Å². The fourth-order valence-corrected chi connectivity index (χ4v) is 2.38. The molecule has 0 saturated carbocycles. The van der Waals surface area contributed by atoms with Gasteiger partial charge in [0.15, 0.2) is 0 Å². The third kappa shape index (κ3) is 3.94. The summed E-state index contributed by atoms with van der Waals surface area (Å²) in [6.45, 7) is 0.590. The van der Waals surface area contributed by atoms with Gasteiger partial charge in [-0.25, -0.2) is 15.0 Å². The number of anilines is 2. The van der Waals surface area contributed by atoms with E-state index in [1.807, 2.05) is 12.1 Å². The lowest BCUT2D eigenvalue weighted by atomic mass is 10.1. The number of benzene rings is 1. The molecule has 7 heteroatoms. The normalized spacial score (nSPS) is 17.0. The van der Waals surface area contributed by atoms with Crippen molar-refractivity contribution < 1.29 is 4.74 Å². The van der Waals surface area contributed by atoms with E-state index in [1.54, 1.807) is 12.4 Å². The van der Waals surface area contributed by atoms with Gasteiger partial charge < -0.3 is 15.8 Å². The Morgan fingerprint density at radius 3 is 2.59 bits per heavy atom. The molecule has 1 aliphatic heterocycles. The molecule has 0 saturated heterocycles. The second kappa shape index (κ2) is 6.74. The Bertz CT molecular complexity index is 657. The second-order valence-electron chi connectivity index (χ2n) is 5.02. The highest BCUT2D eigenvalue weighted by Gasteiger charge is 2.16. The number of hydrogen-bond donors (Lipinski definition) is 2. The summed E-state index contributed by atoms with van der Waals surface area (Å²) >= 11 is 3.31. The standard InChI is InChI=1S/C15H16BrN5O/c16-11-7-18-15(19-8-11)21-12-4-1-10(2-5-12)3-6-13-9-22-14(17)20-13/h1-2,4-5,7-8,13H,3,6,9H2,(H2,17,20)(H,18,19,21). The van der Waals surface area contributed by atoms with Crippen molar-refractivity contribution in [1.82, 2.24) is 9.97 Å². The van der Waals surface area contributed by atoms with Crippen LogP contribution >= 0.6 is 15.9 Å². The number of hydrogen-bond acceptors (Lipinski definition) is 6. The van der Waals surface area contributed by atoms with Gasteiger partial charge in [0.05, 0.1) is 10.5 Å². The molecule has 114 valence electrons.